The van der Waals surface area contributed by atoms with Gasteiger partial charge in [-0.1, -0.05) is 0 Å². The van der Waals surface area contributed by atoms with Crippen LogP contribution in [0.3, 0.4) is 0 Å². The molecule has 0 spiro atoms. The number of carbonyl (C=O) groups excluding carboxylic acids is 2. The SMILES string of the molecule is CC(=O)N(C(C)=O)[C@@H]1[C@@H](O)[C@H](O)[C@@H](CO)OC1(O)C1O[C@H](CO)[C@@H](O)[C@H](O)[C@@H]1N. The molecule has 0 aromatic carbocycles. The number of nitrogens with zero attached hydrogens (tertiary/aromatic N) is 1. The van der Waals surface area contributed by atoms with Crippen molar-refractivity contribution in [3.05, 3.63) is 0 Å². The monoisotopic (exact) mass is 424 g/mol. The van der Waals surface area contributed by atoms with Crippen LogP contribution in [0.15, 0.2) is 0 Å². The van der Waals surface area contributed by atoms with Crippen LogP contribution in [-0.2, 0) is 19.1 Å². The Kier molecular flexibility index (Phi) is 7.33. The van der Waals surface area contributed by atoms with Crippen molar-refractivity contribution in [2.24, 2.45) is 5.73 Å². The van der Waals surface area contributed by atoms with Gasteiger partial charge in [-0.3, -0.25) is 14.5 Å². The highest BCUT2D eigenvalue weighted by Gasteiger charge is 2.64. The highest BCUT2D eigenvalue weighted by molar-refractivity contribution is 5.93. The summed E-state index contributed by atoms with van der Waals surface area (Å²) >= 11 is 0. The Morgan fingerprint density at radius 3 is 1.86 bits per heavy atom. The van der Waals surface area contributed by atoms with Crippen molar-refractivity contribution in [1.82, 2.24) is 4.90 Å². The zero-order chi connectivity index (χ0) is 22.3. The number of amides is 2. The number of ether oxygens (including phenoxy) is 2. The number of rotatable bonds is 4. The van der Waals surface area contributed by atoms with E-state index in [1.54, 1.807) is 0 Å². The molecule has 2 heterocycles. The third-order valence-electron chi connectivity index (χ3n) is 5.34. The van der Waals surface area contributed by atoms with Gasteiger partial charge in [0.2, 0.25) is 17.6 Å². The second-order valence-electron chi connectivity index (χ2n) is 7.26. The van der Waals surface area contributed by atoms with Crippen molar-refractivity contribution in [2.45, 2.75) is 74.4 Å². The van der Waals surface area contributed by atoms with Gasteiger partial charge in [0, 0.05) is 13.8 Å². The molecule has 9 N–H and O–H groups in total. The molecule has 2 saturated heterocycles. The molecule has 0 bridgehead atoms. The third kappa shape index (κ3) is 4.03. The van der Waals surface area contributed by atoms with E-state index in [-0.39, 0.29) is 0 Å². The smallest absolute Gasteiger partial charge is 0.226 e. The average Bonchev–Trinajstić information content (AvgIpc) is 2.65. The number of imide groups is 1. The Balaban J connectivity index is 2.60. The number of nitrogens with two attached hydrogens (primary N) is 1. The van der Waals surface area contributed by atoms with Crippen LogP contribution in [0.5, 0.6) is 0 Å². The second-order valence-corrected chi connectivity index (χ2v) is 7.26. The molecule has 0 aliphatic carbocycles. The normalized spacial score (nSPS) is 45.7. The molecule has 10 atom stereocenters. The van der Waals surface area contributed by atoms with Gasteiger partial charge in [-0.15, -0.1) is 0 Å². The molecule has 0 aromatic heterocycles. The summed E-state index contributed by atoms with van der Waals surface area (Å²) in [4.78, 5) is 24.6. The molecule has 0 saturated carbocycles. The summed E-state index contributed by atoms with van der Waals surface area (Å²) in [5.41, 5.74) is 5.88. The zero-order valence-corrected chi connectivity index (χ0v) is 15.9. The first-order valence-electron chi connectivity index (χ1n) is 8.97. The molecule has 13 nitrogen and oxygen atoms in total. The second kappa shape index (κ2) is 8.85. The van der Waals surface area contributed by atoms with Crippen molar-refractivity contribution in [3.63, 3.8) is 0 Å². The summed E-state index contributed by atoms with van der Waals surface area (Å²) in [7, 11) is 0. The van der Waals surface area contributed by atoms with Gasteiger partial charge in [-0.25, -0.2) is 0 Å². The van der Waals surface area contributed by atoms with E-state index in [1.165, 1.54) is 0 Å². The summed E-state index contributed by atoms with van der Waals surface area (Å²) in [5.74, 6) is -4.65. The number of aliphatic hydroxyl groups excluding tert-OH is 6. The fourth-order valence-corrected chi connectivity index (χ4v) is 3.88. The number of hydrogen-bond acceptors (Lipinski definition) is 12. The van der Waals surface area contributed by atoms with Crippen LogP contribution in [-0.4, -0.2) is 126 Å². The van der Waals surface area contributed by atoms with Crippen LogP contribution >= 0.6 is 0 Å². The summed E-state index contributed by atoms with van der Waals surface area (Å²) < 4.78 is 10.8. The quantitative estimate of drug-likeness (QED) is 0.211. The molecule has 0 aromatic rings. The first-order chi connectivity index (χ1) is 13.4. The maximum Gasteiger partial charge on any atom is 0.226 e. The minimum Gasteiger partial charge on any atom is -0.394 e. The Morgan fingerprint density at radius 1 is 0.931 bits per heavy atom. The van der Waals surface area contributed by atoms with Gasteiger partial charge in [-0.05, 0) is 0 Å². The van der Waals surface area contributed by atoms with E-state index in [4.69, 9.17) is 15.2 Å². The van der Waals surface area contributed by atoms with Crippen molar-refractivity contribution >= 4 is 11.8 Å². The van der Waals surface area contributed by atoms with Crippen molar-refractivity contribution in [1.29, 1.82) is 0 Å². The Hall–Kier alpha value is -1.26. The zero-order valence-electron chi connectivity index (χ0n) is 15.9. The number of carbonyl (C=O) groups is 2. The van der Waals surface area contributed by atoms with E-state index in [0.29, 0.717) is 4.90 Å². The molecule has 2 aliphatic rings. The molecule has 168 valence electrons. The molecule has 2 aliphatic heterocycles. The predicted molar refractivity (Wildman–Crippen MR) is 91.6 cm³/mol. The number of aliphatic hydroxyl groups is 7. The van der Waals surface area contributed by atoms with Crippen LogP contribution in [0.25, 0.3) is 0 Å². The third-order valence-corrected chi connectivity index (χ3v) is 5.34. The fraction of sp³-hybridized carbons (Fsp3) is 0.875. The molecule has 29 heavy (non-hydrogen) atoms. The lowest BCUT2D eigenvalue weighted by Crippen LogP contribution is -2.79. The minimum absolute atomic E-state index is 0.433. The van der Waals surface area contributed by atoms with Crippen LogP contribution in [0, 0.1) is 0 Å². The van der Waals surface area contributed by atoms with E-state index in [0.717, 1.165) is 13.8 Å². The van der Waals surface area contributed by atoms with Gasteiger partial charge in [0.05, 0.1) is 19.3 Å². The van der Waals surface area contributed by atoms with E-state index in [2.05, 4.69) is 0 Å². The van der Waals surface area contributed by atoms with Crippen LogP contribution < -0.4 is 5.73 Å². The lowest BCUT2D eigenvalue weighted by Gasteiger charge is -2.56. The first-order valence-corrected chi connectivity index (χ1v) is 8.97. The van der Waals surface area contributed by atoms with Gasteiger partial charge in [0.15, 0.2) is 0 Å². The summed E-state index contributed by atoms with van der Waals surface area (Å²) in [6.07, 6.45) is -11.9. The van der Waals surface area contributed by atoms with E-state index in [9.17, 15) is 45.3 Å². The number of hydrogen-bond donors (Lipinski definition) is 8. The Bertz CT molecular complexity index is 606. The fourth-order valence-electron chi connectivity index (χ4n) is 3.88. The lowest BCUT2D eigenvalue weighted by molar-refractivity contribution is -0.381. The topological polar surface area (TPSA) is 223 Å². The molecule has 2 rings (SSSR count). The van der Waals surface area contributed by atoms with Gasteiger partial charge in [-0.2, -0.15) is 0 Å². The van der Waals surface area contributed by atoms with Crippen LogP contribution in [0.1, 0.15) is 13.8 Å². The van der Waals surface area contributed by atoms with Crippen molar-refractivity contribution in [3.8, 4) is 0 Å². The van der Waals surface area contributed by atoms with Crippen molar-refractivity contribution in [2.75, 3.05) is 13.2 Å². The summed E-state index contributed by atoms with van der Waals surface area (Å²) in [5, 5.41) is 71.2. The van der Waals surface area contributed by atoms with Gasteiger partial charge < -0.3 is 51.0 Å². The molecule has 2 amide bonds. The van der Waals surface area contributed by atoms with E-state index < -0.39 is 85.6 Å². The Labute approximate surface area is 165 Å². The summed E-state index contributed by atoms with van der Waals surface area (Å²) in [6.45, 7) is 0.273. The van der Waals surface area contributed by atoms with E-state index >= 15 is 0 Å². The molecule has 13 heteroatoms. The van der Waals surface area contributed by atoms with Gasteiger partial charge in [0.1, 0.15) is 48.8 Å². The molecular weight excluding hydrogens is 396 g/mol. The van der Waals surface area contributed by atoms with Crippen molar-refractivity contribution < 1.29 is 54.8 Å². The Morgan fingerprint density at radius 2 is 1.41 bits per heavy atom. The van der Waals surface area contributed by atoms with Crippen LogP contribution in [0.2, 0.25) is 0 Å². The average molecular weight is 424 g/mol. The minimum atomic E-state index is -2.82. The standard InChI is InChI=1S/C16H28N2O11/c1-5(21)18(6(2)22)14-13(26)11(24)8(4-20)29-16(14,27)15-9(17)12(25)10(23)7(3-19)28-15/h7-15,19-20,23-27H,3-4,17H2,1-2H3/t7-,8-,9+,10-,11-,12-,13+,14-,15?,16?/m1/s1. The first kappa shape index (κ1) is 24.0. The summed E-state index contributed by atoms with van der Waals surface area (Å²) in [6, 6.07) is -3.52. The van der Waals surface area contributed by atoms with Gasteiger partial charge >= 0.3 is 0 Å². The predicted octanol–water partition coefficient (Wildman–Crippen LogP) is -5.64. The largest absolute Gasteiger partial charge is 0.394 e. The van der Waals surface area contributed by atoms with Crippen LogP contribution in [0.4, 0.5) is 0 Å². The highest BCUT2D eigenvalue weighted by Crippen LogP contribution is 2.39. The molecule has 2 unspecified atom stereocenters. The molecular formula is C16H28N2O11. The van der Waals surface area contributed by atoms with E-state index in [1.807, 2.05) is 0 Å². The maximum absolute atomic E-state index is 12.1. The highest BCUT2D eigenvalue weighted by atomic mass is 16.7. The molecule has 2 fully saturated rings. The van der Waals surface area contributed by atoms with Gasteiger partial charge in [0.25, 0.3) is 0 Å². The maximum atomic E-state index is 12.1. The lowest BCUT2D eigenvalue weighted by atomic mass is 9.80. The molecule has 0 radical (unpaired) electrons.